The first kappa shape index (κ1) is 25.6. The molecule has 10 heteroatoms. The summed E-state index contributed by atoms with van der Waals surface area (Å²) in [7, 11) is 0. The van der Waals surface area contributed by atoms with E-state index in [-0.39, 0.29) is 11.5 Å². The lowest BCUT2D eigenvalue weighted by atomic mass is 9.78. The van der Waals surface area contributed by atoms with Crippen LogP contribution >= 0.6 is 46.4 Å². The standard InChI is InChI=1S/C27H20Cl4N4O2/c1-14-23(26(36)34(32-14)19-8-3-16(28)4-9-19)25(21-12-7-18(30)13-22(21)31)24-15(2)33-35(27(24)37)20-10-5-17(29)6-11-20/h3-13,23,25,33H,1-2H3/t23-,25-/m0/s1. The first-order valence-corrected chi connectivity index (χ1v) is 12.8. The van der Waals surface area contributed by atoms with Gasteiger partial charge < -0.3 is 0 Å². The Bertz CT molecular complexity index is 1590. The van der Waals surface area contributed by atoms with Gasteiger partial charge in [-0.15, -0.1) is 0 Å². The van der Waals surface area contributed by atoms with E-state index in [1.807, 2.05) is 0 Å². The van der Waals surface area contributed by atoms with Crippen molar-refractivity contribution in [2.75, 3.05) is 5.01 Å². The minimum atomic E-state index is -0.782. The Balaban J connectivity index is 1.68. The molecule has 1 aliphatic rings. The zero-order chi connectivity index (χ0) is 26.4. The molecule has 5 rings (SSSR count). The number of hydrazone groups is 1. The molecule has 4 aromatic rings. The van der Waals surface area contributed by atoms with Crippen LogP contribution in [0.25, 0.3) is 5.69 Å². The predicted octanol–water partition coefficient (Wildman–Crippen LogP) is 7.26. The fourth-order valence-electron chi connectivity index (χ4n) is 4.68. The number of H-pyrrole nitrogens is 1. The van der Waals surface area contributed by atoms with E-state index in [1.54, 1.807) is 80.6 Å². The van der Waals surface area contributed by atoms with E-state index in [0.29, 0.717) is 54.0 Å². The van der Waals surface area contributed by atoms with Crippen molar-refractivity contribution >= 4 is 63.7 Å². The van der Waals surface area contributed by atoms with Crippen LogP contribution in [-0.4, -0.2) is 21.4 Å². The molecule has 1 aromatic heterocycles. The number of amides is 1. The van der Waals surface area contributed by atoms with Crippen molar-refractivity contribution in [3.63, 3.8) is 0 Å². The number of benzene rings is 3. The highest BCUT2D eigenvalue weighted by Crippen LogP contribution is 2.41. The van der Waals surface area contributed by atoms with Crippen molar-refractivity contribution < 1.29 is 4.79 Å². The van der Waals surface area contributed by atoms with Crippen molar-refractivity contribution in [2.45, 2.75) is 19.8 Å². The van der Waals surface area contributed by atoms with Crippen molar-refractivity contribution in [2.24, 2.45) is 11.0 Å². The maximum absolute atomic E-state index is 13.9. The lowest BCUT2D eigenvalue weighted by Gasteiger charge is -2.24. The maximum Gasteiger partial charge on any atom is 0.275 e. The molecule has 1 aliphatic heterocycles. The van der Waals surface area contributed by atoms with Gasteiger partial charge in [-0.3, -0.25) is 14.7 Å². The van der Waals surface area contributed by atoms with Gasteiger partial charge in [0.05, 0.1) is 17.3 Å². The number of hydrogen-bond acceptors (Lipinski definition) is 3. The first-order valence-electron chi connectivity index (χ1n) is 11.3. The largest absolute Gasteiger partial charge is 0.295 e. The lowest BCUT2D eigenvalue weighted by Crippen LogP contribution is -2.34. The van der Waals surface area contributed by atoms with Crippen molar-refractivity contribution in [1.82, 2.24) is 9.78 Å². The molecule has 3 aromatic carbocycles. The van der Waals surface area contributed by atoms with Gasteiger partial charge in [0.1, 0.15) is 0 Å². The highest BCUT2D eigenvalue weighted by Gasteiger charge is 2.44. The van der Waals surface area contributed by atoms with Gasteiger partial charge in [0.2, 0.25) is 0 Å². The van der Waals surface area contributed by atoms with Gasteiger partial charge in [0, 0.05) is 43.0 Å². The van der Waals surface area contributed by atoms with Gasteiger partial charge >= 0.3 is 0 Å². The summed E-state index contributed by atoms with van der Waals surface area (Å²) < 4.78 is 1.43. The molecule has 0 radical (unpaired) electrons. The number of halogens is 4. The second-order valence-electron chi connectivity index (χ2n) is 8.76. The molecule has 0 spiro atoms. The second kappa shape index (κ2) is 10.0. The van der Waals surface area contributed by atoms with E-state index in [2.05, 4.69) is 10.2 Å². The third-order valence-electron chi connectivity index (χ3n) is 6.40. The summed E-state index contributed by atoms with van der Waals surface area (Å²) in [6, 6.07) is 18.8. The highest BCUT2D eigenvalue weighted by molar-refractivity contribution is 6.35. The van der Waals surface area contributed by atoms with Crippen LogP contribution in [0.4, 0.5) is 5.69 Å². The first-order chi connectivity index (χ1) is 17.7. The van der Waals surface area contributed by atoms with Gasteiger partial charge in [0.25, 0.3) is 11.5 Å². The predicted molar refractivity (Wildman–Crippen MR) is 150 cm³/mol. The number of aromatic amines is 1. The van der Waals surface area contributed by atoms with Gasteiger partial charge in [-0.1, -0.05) is 52.5 Å². The second-order valence-corrected chi connectivity index (χ2v) is 10.5. The summed E-state index contributed by atoms with van der Waals surface area (Å²) in [4.78, 5) is 27.8. The van der Waals surface area contributed by atoms with Gasteiger partial charge in [-0.2, -0.15) is 5.10 Å². The van der Waals surface area contributed by atoms with Crippen LogP contribution in [0, 0.1) is 12.8 Å². The Labute approximate surface area is 233 Å². The molecule has 0 fully saturated rings. The van der Waals surface area contributed by atoms with Crippen LogP contribution in [0.1, 0.15) is 29.7 Å². The molecule has 0 bridgehead atoms. The third-order valence-corrected chi connectivity index (χ3v) is 7.46. The molecular formula is C27H20Cl4N4O2. The van der Waals surface area contributed by atoms with Crippen LogP contribution in [-0.2, 0) is 4.79 Å². The minimum Gasteiger partial charge on any atom is -0.295 e. The smallest absolute Gasteiger partial charge is 0.275 e. The Kier molecular flexibility index (Phi) is 6.94. The molecule has 188 valence electrons. The van der Waals surface area contributed by atoms with Crippen molar-refractivity contribution in [3.05, 3.63) is 114 Å². The number of nitrogens with one attached hydrogen (secondary N) is 1. The van der Waals surface area contributed by atoms with E-state index in [1.165, 1.54) is 9.69 Å². The van der Waals surface area contributed by atoms with Crippen LogP contribution in [0.3, 0.4) is 0 Å². The summed E-state index contributed by atoms with van der Waals surface area (Å²) in [5, 5.41) is 10.9. The van der Waals surface area contributed by atoms with Gasteiger partial charge in [0.15, 0.2) is 0 Å². The molecule has 6 nitrogen and oxygen atoms in total. The minimum absolute atomic E-state index is 0.283. The van der Waals surface area contributed by atoms with E-state index < -0.39 is 11.8 Å². The SMILES string of the molecule is CC1=NN(c2ccc(Cl)cc2)C(=O)[C@@H]1[C@H](c1ccc(Cl)cc1Cl)c1c(C)[nH]n(-c2ccc(Cl)cc2)c1=O. The molecule has 1 amide bonds. The molecule has 0 saturated carbocycles. The summed E-state index contributed by atoms with van der Waals surface area (Å²) in [5.41, 5.74) is 3.03. The number of anilines is 1. The van der Waals surface area contributed by atoms with E-state index in [4.69, 9.17) is 46.4 Å². The molecule has 0 unspecified atom stereocenters. The van der Waals surface area contributed by atoms with Gasteiger partial charge in [-0.05, 0) is 80.1 Å². The van der Waals surface area contributed by atoms with Crippen molar-refractivity contribution in [1.29, 1.82) is 0 Å². The summed E-state index contributed by atoms with van der Waals surface area (Å²) in [6.07, 6.45) is 0. The summed E-state index contributed by atoms with van der Waals surface area (Å²) >= 11 is 24.9. The van der Waals surface area contributed by atoms with E-state index in [9.17, 15) is 9.59 Å². The fourth-order valence-corrected chi connectivity index (χ4v) is 5.46. The zero-order valence-corrected chi connectivity index (χ0v) is 22.7. The van der Waals surface area contributed by atoms with Gasteiger partial charge in [-0.25, -0.2) is 9.69 Å². The number of aryl methyl sites for hydroxylation is 1. The molecule has 0 saturated heterocycles. The number of carbonyl (C=O) groups is 1. The molecule has 0 aliphatic carbocycles. The van der Waals surface area contributed by atoms with Crippen molar-refractivity contribution in [3.8, 4) is 5.69 Å². The molecule has 37 heavy (non-hydrogen) atoms. The normalized spacial score (nSPS) is 16.3. The number of carbonyl (C=O) groups excluding carboxylic acids is 1. The zero-order valence-electron chi connectivity index (χ0n) is 19.7. The Morgan fingerprint density at radius 1 is 0.811 bits per heavy atom. The van der Waals surface area contributed by atoms with Crippen LogP contribution in [0.5, 0.6) is 0 Å². The Morgan fingerprint density at radius 2 is 1.38 bits per heavy atom. The van der Waals surface area contributed by atoms with Crippen LogP contribution in [0.2, 0.25) is 20.1 Å². The topological polar surface area (TPSA) is 70.5 Å². The van der Waals surface area contributed by atoms with E-state index >= 15 is 0 Å². The fraction of sp³-hybridized carbons (Fsp3) is 0.148. The number of rotatable bonds is 5. The third kappa shape index (κ3) is 4.71. The molecule has 2 atom stereocenters. The summed E-state index contributed by atoms with van der Waals surface area (Å²) in [6.45, 7) is 3.57. The maximum atomic E-state index is 13.9. The average molecular weight is 574 g/mol. The highest BCUT2D eigenvalue weighted by atomic mass is 35.5. The molecule has 2 heterocycles. The molecular weight excluding hydrogens is 554 g/mol. The Morgan fingerprint density at radius 3 is 1.97 bits per heavy atom. The molecule has 1 N–H and O–H groups in total. The monoisotopic (exact) mass is 572 g/mol. The lowest BCUT2D eigenvalue weighted by molar-refractivity contribution is -0.120. The number of aromatic nitrogens is 2. The summed E-state index contributed by atoms with van der Waals surface area (Å²) in [5.74, 6) is -1.79. The Hall–Kier alpha value is -3.03. The average Bonchev–Trinajstić information content (AvgIpc) is 3.32. The van der Waals surface area contributed by atoms with Crippen LogP contribution in [0.15, 0.2) is 76.6 Å². The van der Waals surface area contributed by atoms with E-state index in [0.717, 1.165) is 0 Å². The quantitative estimate of drug-likeness (QED) is 0.273. The number of nitrogens with zero attached hydrogens (tertiary/aromatic N) is 3. The number of hydrogen-bond donors (Lipinski definition) is 1. The van der Waals surface area contributed by atoms with Crippen LogP contribution < -0.4 is 10.6 Å².